The van der Waals surface area contributed by atoms with Gasteiger partial charge in [-0.3, -0.25) is 9.88 Å². The molecule has 1 heterocycles. The minimum absolute atomic E-state index is 0.0640. The maximum absolute atomic E-state index is 14.3. The van der Waals surface area contributed by atoms with Crippen molar-refractivity contribution in [3.05, 3.63) is 78.9 Å². The molecule has 0 aliphatic rings. The van der Waals surface area contributed by atoms with Crippen LogP contribution in [-0.2, 0) is 0 Å². The molecule has 4 aromatic rings. The minimum Gasteiger partial charge on any atom is -0.493 e. The number of anilines is 4. The first kappa shape index (κ1) is 24.3. The van der Waals surface area contributed by atoms with Crippen LogP contribution in [0.25, 0.3) is 11.3 Å². The Kier molecular flexibility index (Phi) is 7.15. The van der Waals surface area contributed by atoms with Gasteiger partial charge in [-0.15, -0.1) is 0 Å². The van der Waals surface area contributed by atoms with Gasteiger partial charge in [-0.25, -0.2) is 14.2 Å². The molecule has 9 nitrogen and oxygen atoms in total. The quantitative estimate of drug-likeness (QED) is 0.347. The van der Waals surface area contributed by atoms with Gasteiger partial charge < -0.3 is 25.3 Å². The molecule has 0 aliphatic carbocycles. The molecule has 0 aliphatic heterocycles. The zero-order valence-electron chi connectivity index (χ0n) is 19.9. The molecule has 184 valence electrons. The number of urea groups is 1. The molecule has 3 N–H and O–H groups in total. The molecule has 4 rings (SSSR count). The SMILES string of the molecule is COc1cc(Nc2cncc(-c3ccc(N(C(N)=O)c4ccccc4F)cc3)n2)cc(OC)c1OC. The number of benzene rings is 3. The Labute approximate surface area is 207 Å². The zero-order chi connectivity index (χ0) is 25.7. The molecular weight excluding hydrogens is 465 g/mol. The summed E-state index contributed by atoms with van der Waals surface area (Å²) in [5, 5.41) is 3.19. The Bertz CT molecular complexity index is 1360. The van der Waals surface area contributed by atoms with Crippen molar-refractivity contribution in [2.75, 3.05) is 31.5 Å². The number of nitrogens with zero attached hydrogens (tertiary/aromatic N) is 3. The summed E-state index contributed by atoms with van der Waals surface area (Å²) in [4.78, 5) is 22.1. The van der Waals surface area contributed by atoms with E-state index in [1.54, 1.807) is 60.9 Å². The van der Waals surface area contributed by atoms with Crippen LogP contribution >= 0.6 is 0 Å². The van der Waals surface area contributed by atoms with E-state index in [0.717, 1.165) is 10.5 Å². The summed E-state index contributed by atoms with van der Waals surface area (Å²) in [5.74, 6) is 1.39. The van der Waals surface area contributed by atoms with Gasteiger partial charge in [0.05, 0.1) is 50.8 Å². The van der Waals surface area contributed by atoms with Gasteiger partial charge in [-0.1, -0.05) is 24.3 Å². The van der Waals surface area contributed by atoms with Crippen LogP contribution in [0.3, 0.4) is 0 Å². The largest absolute Gasteiger partial charge is 0.493 e. The van der Waals surface area contributed by atoms with Gasteiger partial charge in [-0.05, 0) is 24.3 Å². The molecule has 0 atom stereocenters. The molecule has 0 radical (unpaired) electrons. The fraction of sp³-hybridized carbons (Fsp3) is 0.115. The van der Waals surface area contributed by atoms with Crippen LogP contribution in [0.15, 0.2) is 73.1 Å². The third-order valence-corrected chi connectivity index (χ3v) is 5.31. The number of nitrogens with one attached hydrogen (secondary N) is 1. The number of halogens is 1. The molecule has 0 fully saturated rings. The summed E-state index contributed by atoms with van der Waals surface area (Å²) >= 11 is 0. The predicted molar refractivity (Wildman–Crippen MR) is 135 cm³/mol. The van der Waals surface area contributed by atoms with Crippen LogP contribution in [0.4, 0.5) is 32.1 Å². The fourth-order valence-corrected chi connectivity index (χ4v) is 3.67. The zero-order valence-corrected chi connectivity index (χ0v) is 19.9. The van der Waals surface area contributed by atoms with E-state index in [4.69, 9.17) is 19.9 Å². The highest BCUT2D eigenvalue weighted by Gasteiger charge is 2.19. The second-order valence-corrected chi connectivity index (χ2v) is 7.50. The number of carbonyl (C=O) groups is 1. The molecule has 10 heteroatoms. The fourth-order valence-electron chi connectivity index (χ4n) is 3.67. The maximum atomic E-state index is 14.3. The number of rotatable bonds is 8. The number of primary amides is 1. The highest BCUT2D eigenvalue weighted by molar-refractivity contribution is 5.98. The highest BCUT2D eigenvalue weighted by Crippen LogP contribution is 2.40. The third kappa shape index (κ3) is 4.97. The molecule has 0 saturated carbocycles. The Hall–Kier alpha value is -4.86. The summed E-state index contributed by atoms with van der Waals surface area (Å²) < 4.78 is 30.4. The van der Waals surface area contributed by atoms with Gasteiger partial charge in [0.15, 0.2) is 11.5 Å². The van der Waals surface area contributed by atoms with Crippen LogP contribution in [0.1, 0.15) is 0 Å². The first-order valence-corrected chi connectivity index (χ1v) is 10.8. The lowest BCUT2D eigenvalue weighted by Gasteiger charge is -2.21. The predicted octanol–water partition coefficient (Wildman–Crippen LogP) is 5.27. The summed E-state index contributed by atoms with van der Waals surface area (Å²) in [6, 6.07) is 15.4. The highest BCUT2D eigenvalue weighted by atomic mass is 19.1. The van der Waals surface area contributed by atoms with E-state index in [1.807, 2.05) is 0 Å². The molecule has 0 unspecified atom stereocenters. The van der Waals surface area contributed by atoms with Crippen molar-refractivity contribution in [2.24, 2.45) is 5.73 Å². The first-order chi connectivity index (χ1) is 17.4. The van der Waals surface area contributed by atoms with Crippen molar-refractivity contribution in [1.29, 1.82) is 0 Å². The van der Waals surface area contributed by atoms with E-state index in [0.29, 0.717) is 40.1 Å². The van der Waals surface area contributed by atoms with Gasteiger partial charge in [-0.2, -0.15) is 0 Å². The molecule has 0 saturated heterocycles. The molecule has 2 amide bonds. The van der Waals surface area contributed by atoms with E-state index < -0.39 is 11.8 Å². The first-order valence-electron chi connectivity index (χ1n) is 10.8. The van der Waals surface area contributed by atoms with Crippen molar-refractivity contribution in [3.8, 4) is 28.5 Å². The lowest BCUT2D eigenvalue weighted by Crippen LogP contribution is -2.32. The van der Waals surface area contributed by atoms with Gasteiger partial charge in [0.2, 0.25) is 5.75 Å². The van der Waals surface area contributed by atoms with Crippen LogP contribution in [-0.4, -0.2) is 37.3 Å². The molecule has 1 aromatic heterocycles. The van der Waals surface area contributed by atoms with Crippen molar-refractivity contribution >= 4 is 28.9 Å². The number of para-hydroxylation sites is 1. The Morgan fingerprint density at radius 1 is 0.944 bits per heavy atom. The van der Waals surface area contributed by atoms with E-state index in [2.05, 4.69) is 15.3 Å². The van der Waals surface area contributed by atoms with E-state index in [-0.39, 0.29) is 5.69 Å². The number of hydrogen-bond donors (Lipinski definition) is 2. The van der Waals surface area contributed by atoms with Gasteiger partial charge >= 0.3 is 6.03 Å². The van der Waals surface area contributed by atoms with E-state index in [1.165, 1.54) is 33.5 Å². The van der Waals surface area contributed by atoms with E-state index >= 15 is 0 Å². The average molecular weight is 490 g/mol. The van der Waals surface area contributed by atoms with Crippen LogP contribution in [0.5, 0.6) is 17.2 Å². The summed E-state index contributed by atoms with van der Waals surface area (Å²) in [6.45, 7) is 0. The second-order valence-electron chi connectivity index (χ2n) is 7.50. The lowest BCUT2D eigenvalue weighted by atomic mass is 10.1. The minimum atomic E-state index is -0.802. The van der Waals surface area contributed by atoms with Gasteiger partial charge in [0.25, 0.3) is 0 Å². The standard InChI is InChI=1S/C26H24FN5O4/c1-34-22-12-17(13-23(35-2)25(22)36-3)30-24-15-29-14-20(31-24)16-8-10-18(11-9-16)32(26(28)33)21-7-5-4-6-19(21)27/h4-15H,1-3H3,(H2,28,33)(H,30,31). The van der Waals surface area contributed by atoms with Crippen LogP contribution < -0.4 is 30.2 Å². The number of ether oxygens (including phenoxy) is 3. The van der Waals surface area contributed by atoms with Crippen molar-refractivity contribution < 1.29 is 23.4 Å². The lowest BCUT2D eigenvalue weighted by molar-refractivity contribution is 0.256. The summed E-state index contributed by atoms with van der Waals surface area (Å²) in [6.07, 6.45) is 3.19. The Morgan fingerprint density at radius 2 is 1.61 bits per heavy atom. The monoisotopic (exact) mass is 489 g/mol. The number of carbonyl (C=O) groups excluding carboxylic acids is 1. The molecular formula is C26H24FN5O4. The average Bonchev–Trinajstić information content (AvgIpc) is 2.89. The summed E-state index contributed by atoms with van der Waals surface area (Å²) in [7, 11) is 4.61. The third-order valence-electron chi connectivity index (χ3n) is 5.31. The number of amides is 2. The smallest absolute Gasteiger partial charge is 0.323 e. The molecule has 0 spiro atoms. The van der Waals surface area contributed by atoms with Crippen molar-refractivity contribution in [1.82, 2.24) is 9.97 Å². The Morgan fingerprint density at radius 3 is 2.19 bits per heavy atom. The topological polar surface area (TPSA) is 112 Å². The van der Waals surface area contributed by atoms with Crippen molar-refractivity contribution in [2.45, 2.75) is 0 Å². The second kappa shape index (κ2) is 10.6. The normalized spacial score (nSPS) is 10.4. The van der Waals surface area contributed by atoms with Crippen LogP contribution in [0, 0.1) is 5.82 Å². The number of hydrogen-bond acceptors (Lipinski definition) is 7. The maximum Gasteiger partial charge on any atom is 0.323 e. The Balaban J connectivity index is 1.61. The summed E-state index contributed by atoms with van der Waals surface area (Å²) in [5.41, 5.74) is 7.99. The molecule has 0 bridgehead atoms. The molecule has 36 heavy (non-hydrogen) atoms. The number of aromatic nitrogens is 2. The van der Waals surface area contributed by atoms with Gasteiger partial charge in [0, 0.05) is 23.4 Å². The van der Waals surface area contributed by atoms with Crippen molar-refractivity contribution in [3.63, 3.8) is 0 Å². The molecule has 3 aromatic carbocycles. The number of nitrogens with two attached hydrogens (primary N) is 1. The van der Waals surface area contributed by atoms with Gasteiger partial charge in [0.1, 0.15) is 11.6 Å². The van der Waals surface area contributed by atoms with E-state index in [9.17, 15) is 9.18 Å². The van der Waals surface area contributed by atoms with Crippen LogP contribution in [0.2, 0.25) is 0 Å². The number of methoxy groups -OCH3 is 3.